The number of aldehydes is 2. The molecule has 0 aliphatic carbocycles. The van der Waals surface area contributed by atoms with E-state index in [1.54, 1.807) is 0 Å². The quantitative estimate of drug-likeness (QED) is 0.399. The van der Waals surface area contributed by atoms with Crippen molar-refractivity contribution in [3.8, 4) is 0 Å². The van der Waals surface area contributed by atoms with E-state index in [1.807, 2.05) is 20.8 Å². The Morgan fingerprint density at radius 3 is 2.33 bits per heavy atom. The largest absolute Gasteiger partial charge is 0.376 e. The van der Waals surface area contributed by atoms with Crippen LogP contribution in [-0.4, -0.2) is 37.5 Å². The van der Waals surface area contributed by atoms with Crippen molar-refractivity contribution in [3.05, 3.63) is 0 Å². The molecule has 4 heteroatoms. The lowest BCUT2D eigenvalue weighted by Gasteiger charge is -2.27. The highest BCUT2D eigenvalue weighted by molar-refractivity contribution is 5.49. The summed E-state index contributed by atoms with van der Waals surface area (Å²) in [7, 11) is 0. The molecule has 0 heterocycles. The molecule has 0 saturated heterocycles. The van der Waals surface area contributed by atoms with Crippen molar-refractivity contribution in [2.24, 2.45) is 0 Å². The number of hydrogen-bond donors (Lipinski definition) is 0. The molecule has 4 nitrogen and oxygen atoms in total. The summed E-state index contributed by atoms with van der Waals surface area (Å²) in [5.74, 6) is 0. The van der Waals surface area contributed by atoms with Crippen molar-refractivity contribution in [1.29, 1.82) is 0 Å². The Labute approximate surface area is 110 Å². The lowest BCUT2D eigenvalue weighted by atomic mass is 10.1. The Kier molecular flexibility index (Phi) is 9.79. The summed E-state index contributed by atoms with van der Waals surface area (Å²) in [6.45, 7) is 7.07. The first-order valence-corrected chi connectivity index (χ1v) is 6.64. The number of rotatable bonds is 12. The Morgan fingerprint density at radius 2 is 1.72 bits per heavy atom. The standard InChI is InChI=1S/C14H26O4/c1-13(8-4-5-9-15)17-12-14(2,3)18-11-7-6-10-16/h9-10,13H,4-8,11-12H2,1-3H3. The Balaban J connectivity index is 3.66. The van der Waals surface area contributed by atoms with Crippen LogP contribution in [0, 0.1) is 0 Å². The van der Waals surface area contributed by atoms with E-state index in [4.69, 9.17) is 9.47 Å². The van der Waals surface area contributed by atoms with Crippen molar-refractivity contribution in [2.45, 2.75) is 64.6 Å². The van der Waals surface area contributed by atoms with E-state index in [0.717, 1.165) is 31.8 Å². The van der Waals surface area contributed by atoms with E-state index in [-0.39, 0.29) is 11.7 Å². The van der Waals surface area contributed by atoms with Gasteiger partial charge in [-0.25, -0.2) is 0 Å². The summed E-state index contributed by atoms with van der Waals surface area (Å²) >= 11 is 0. The number of hydrogen-bond acceptors (Lipinski definition) is 4. The van der Waals surface area contributed by atoms with Crippen LogP contribution in [-0.2, 0) is 19.1 Å². The minimum Gasteiger partial charge on any atom is -0.376 e. The number of ether oxygens (including phenoxy) is 2. The fourth-order valence-electron chi connectivity index (χ4n) is 1.47. The van der Waals surface area contributed by atoms with Gasteiger partial charge >= 0.3 is 0 Å². The van der Waals surface area contributed by atoms with Crippen LogP contribution in [0.3, 0.4) is 0 Å². The Hall–Kier alpha value is -0.740. The highest BCUT2D eigenvalue weighted by Crippen LogP contribution is 2.13. The average molecular weight is 258 g/mol. The zero-order valence-electron chi connectivity index (χ0n) is 11.8. The number of unbranched alkanes of at least 4 members (excludes halogenated alkanes) is 2. The summed E-state index contributed by atoms with van der Waals surface area (Å²) in [5, 5.41) is 0. The highest BCUT2D eigenvalue weighted by Gasteiger charge is 2.19. The van der Waals surface area contributed by atoms with E-state index in [0.29, 0.717) is 26.1 Å². The molecule has 0 spiro atoms. The second-order valence-corrected chi connectivity index (χ2v) is 5.14. The fourth-order valence-corrected chi connectivity index (χ4v) is 1.47. The van der Waals surface area contributed by atoms with Gasteiger partial charge in [0.1, 0.15) is 12.6 Å². The van der Waals surface area contributed by atoms with Crippen molar-refractivity contribution in [1.82, 2.24) is 0 Å². The predicted molar refractivity (Wildman–Crippen MR) is 70.7 cm³/mol. The minimum atomic E-state index is -0.332. The van der Waals surface area contributed by atoms with Crippen molar-refractivity contribution < 1.29 is 19.1 Å². The lowest BCUT2D eigenvalue weighted by Crippen LogP contribution is -2.33. The molecular weight excluding hydrogens is 232 g/mol. The third-order valence-electron chi connectivity index (χ3n) is 2.61. The summed E-state index contributed by atoms with van der Waals surface area (Å²) < 4.78 is 11.4. The third-order valence-corrected chi connectivity index (χ3v) is 2.61. The summed E-state index contributed by atoms with van der Waals surface area (Å²) in [6.07, 6.45) is 5.63. The normalized spacial score (nSPS) is 13.3. The van der Waals surface area contributed by atoms with E-state index < -0.39 is 0 Å². The van der Waals surface area contributed by atoms with Crippen LogP contribution in [0.1, 0.15) is 52.9 Å². The van der Waals surface area contributed by atoms with Gasteiger partial charge in [-0.2, -0.15) is 0 Å². The molecule has 1 unspecified atom stereocenters. The van der Waals surface area contributed by atoms with E-state index in [9.17, 15) is 9.59 Å². The molecule has 0 N–H and O–H groups in total. The third kappa shape index (κ3) is 10.4. The number of carbonyl (C=O) groups excluding carboxylic acids is 2. The lowest BCUT2D eigenvalue weighted by molar-refractivity contribution is -0.110. The maximum absolute atomic E-state index is 10.2. The van der Waals surface area contributed by atoms with Crippen LogP contribution < -0.4 is 0 Å². The number of carbonyl (C=O) groups is 2. The maximum Gasteiger partial charge on any atom is 0.120 e. The Bertz CT molecular complexity index is 226. The van der Waals surface area contributed by atoms with Crippen LogP contribution in [0.25, 0.3) is 0 Å². The highest BCUT2D eigenvalue weighted by atomic mass is 16.5. The molecule has 0 aliphatic rings. The van der Waals surface area contributed by atoms with Crippen LogP contribution in [0.4, 0.5) is 0 Å². The van der Waals surface area contributed by atoms with Gasteiger partial charge in [-0.05, 0) is 40.0 Å². The van der Waals surface area contributed by atoms with Gasteiger partial charge in [0.15, 0.2) is 0 Å². The molecule has 0 saturated carbocycles. The molecule has 18 heavy (non-hydrogen) atoms. The van der Waals surface area contributed by atoms with Crippen molar-refractivity contribution in [2.75, 3.05) is 13.2 Å². The first-order chi connectivity index (χ1) is 8.52. The zero-order chi connectivity index (χ0) is 13.9. The molecule has 0 aromatic carbocycles. The predicted octanol–water partition coefficient (Wildman–Crippen LogP) is 2.54. The van der Waals surface area contributed by atoms with Gasteiger partial charge < -0.3 is 19.1 Å². The topological polar surface area (TPSA) is 52.6 Å². The molecule has 0 aliphatic heterocycles. The monoisotopic (exact) mass is 258 g/mol. The SMILES string of the molecule is CC(CCCC=O)OCC(C)(C)OCCCC=O. The molecular formula is C14H26O4. The molecule has 106 valence electrons. The summed E-state index contributed by atoms with van der Waals surface area (Å²) in [6, 6.07) is 0. The first kappa shape index (κ1) is 17.3. The first-order valence-electron chi connectivity index (χ1n) is 6.64. The summed E-state index contributed by atoms with van der Waals surface area (Å²) in [4.78, 5) is 20.4. The molecule has 0 aromatic rings. The molecule has 0 bridgehead atoms. The molecule has 0 amide bonds. The van der Waals surface area contributed by atoms with Crippen LogP contribution in [0.2, 0.25) is 0 Å². The smallest absolute Gasteiger partial charge is 0.120 e. The van der Waals surface area contributed by atoms with Gasteiger partial charge in [-0.1, -0.05) is 0 Å². The Morgan fingerprint density at radius 1 is 1.11 bits per heavy atom. The maximum atomic E-state index is 10.2. The van der Waals surface area contributed by atoms with Crippen LogP contribution in [0.15, 0.2) is 0 Å². The minimum absolute atomic E-state index is 0.141. The molecule has 0 radical (unpaired) electrons. The van der Waals surface area contributed by atoms with Gasteiger partial charge in [-0.3, -0.25) is 0 Å². The van der Waals surface area contributed by atoms with Crippen molar-refractivity contribution >= 4 is 12.6 Å². The second kappa shape index (κ2) is 10.2. The van der Waals surface area contributed by atoms with Crippen LogP contribution in [0.5, 0.6) is 0 Å². The second-order valence-electron chi connectivity index (χ2n) is 5.14. The zero-order valence-corrected chi connectivity index (χ0v) is 11.8. The van der Waals surface area contributed by atoms with E-state index in [1.165, 1.54) is 0 Å². The average Bonchev–Trinajstić information content (AvgIpc) is 2.33. The van der Waals surface area contributed by atoms with Gasteiger partial charge in [-0.15, -0.1) is 0 Å². The van der Waals surface area contributed by atoms with Gasteiger partial charge in [0.05, 0.1) is 18.3 Å². The van der Waals surface area contributed by atoms with Crippen LogP contribution >= 0.6 is 0 Å². The molecule has 0 fully saturated rings. The molecule has 1 atom stereocenters. The van der Waals surface area contributed by atoms with Crippen molar-refractivity contribution in [3.63, 3.8) is 0 Å². The van der Waals surface area contributed by atoms with Gasteiger partial charge in [0.2, 0.25) is 0 Å². The van der Waals surface area contributed by atoms with E-state index in [2.05, 4.69) is 0 Å². The van der Waals surface area contributed by atoms with Gasteiger partial charge in [0, 0.05) is 19.4 Å². The van der Waals surface area contributed by atoms with Gasteiger partial charge in [0.25, 0.3) is 0 Å². The fraction of sp³-hybridized carbons (Fsp3) is 0.857. The summed E-state index contributed by atoms with van der Waals surface area (Å²) in [5.41, 5.74) is -0.332. The molecule has 0 rings (SSSR count). The molecule has 0 aromatic heterocycles. The van der Waals surface area contributed by atoms with E-state index >= 15 is 0 Å².